The third-order valence-electron chi connectivity index (χ3n) is 2.05. The monoisotopic (exact) mass is 270 g/mol. The number of Topliss-reactive ketones (excluding diaryl/α,β-unsaturated/α-hetero) is 1. The fraction of sp³-hybridized carbons (Fsp3) is 0.455. The summed E-state index contributed by atoms with van der Waals surface area (Å²) in [6, 6.07) is 3.83. The molecule has 1 heterocycles. The summed E-state index contributed by atoms with van der Waals surface area (Å²) in [5, 5.41) is 0. The molecule has 0 radical (unpaired) electrons. The van der Waals surface area contributed by atoms with Crippen LogP contribution in [-0.2, 0) is 11.2 Å². The van der Waals surface area contributed by atoms with E-state index in [4.69, 9.17) is 5.73 Å². The molecule has 1 aromatic heterocycles. The average Bonchev–Trinajstić information content (AvgIpc) is 2.19. The molecule has 1 aromatic rings. The molecule has 0 aliphatic rings. The normalized spacial score (nSPS) is 12.5. The summed E-state index contributed by atoms with van der Waals surface area (Å²) >= 11 is 3.30. The Morgan fingerprint density at radius 3 is 2.87 bits per heavy atom. The summed E-state index contributed by atoms with van der Waals surface area (Å²) in [5.74, 6) is 0.196. The number of halogens is 1. The molecular weight excluding hydrogens is 256 g/mol. The Kier molecular flexibility index (Phi) is 4.91. The molecule has 82 valence electrons. The van der Waals surface area contributed by atoms with E-state index in [2.05, 4.69) is 20.9 Å². The van der Waals surface area contributed by atoms with Gasteiger partial charge in [-0.05, 0) is 41.4 Å². The van der Waals surface area contributed by atoms with Gasteiger partial charge in [0.05, 0.1) is 0 Å². The van der Waals surface area contributed by atoms with Crippen LogP contribution in [0.25, 0.3) is 0 Å². The first-order valence-corrected chi connectivity index (χ1v) is 5.75. The van der Waals surface area contributed by atoms with Gasteiger partial charge in [-0.2, -0.15) is 0 Å². The van der Waals surface area contributed by atoms with Crippen LogP contribution < -0.4 is 5.73 Å². The van der Waals surface area contributed by atoms with Crippen molar-refractivity contribution in [3.63, 3.8) is 0 Å². The van der Waals surface area contributed by atoms with Crippen molar-refractivity contribution in [3.05, 3.63) is 28.5 Å². The van der Waals surface area contributed by atoms with E-state index in [9.17, 15) is 4.79 Å². The van der Waals surface area contributed by atoms with Crippen LogP contribution in [0.5, 0.6) is 0 Å². The van der Waals surface area contributed by atoms with Crippen LogP contribution in [0.1, 0.15) is 25.5 Å². The van der Waals surface area contributed by atoms with Gasteiger partial charge in [0.15, 0.2) is 0 Å². The highest BCUT2D eigenvalue weighted by Gasteiger charge is 2.06. The standard InChI is InChI=1S/C11H15BrN2O/c1-8(13)2-5-11(15)6-10-4-3-9(12)7-14-10/h3-4,7-8H,2,5-6,13H2,1H3. The van der Waals surface area contributed by atoms with E-state index in [1.165, 1.54) is 0 Å². The zero-order valence-electron chi connectivity index (χ0n) is 8.74. The highest BCUT2D eigenvalue weighted by Crippen LogP contribution is 2.08. The second-order valence-corrected chi connectivity index (χ2v) is 4.61. The maximum Gasteiger partial charge on any atom is 0.138 e. The van der Waals surface area contributed by atoms with Gasteiger partial charge >= 0.3 is 0 Å². The Morgan fingerprint density at radius 1 is 1.60 bits per heavy atom. The molecule has 0 aliphatic heterocycles. The zero-order chi connectivity index (χ0) is 11.3. The van der Waals surface area contributed by atoms with Crippen molar-refractivity contribution in [2.45, 2.75) is 32.2 Å². The predicted molar refractivity (Wildman–Crippen MR) is 63.5 cm³/mol. The number of carbonyl (C=O) groups is 1. The maximum atomic E-state index is 11.5. The number of rotatable bonds is 5. The van der Waals surface area contributed by atoms with E-state index in [0.717, 1.165) is 16.6 Å². The highest BCUT2D eigenvalue weighted by atomic mass is 79.9. The van der Waals surface area contributed by atoms with Crippen molar-refractivity contribution in [1.82, 2.24) is 4.98 Å². The molecule has 1 atom stereocenters. The Morgan fingerprint density at radius 2 is 2.33 bits per heavy atom. The molecule has 0 aromatic carbocycles. The van der Waals surface area contributed by atoms with Gasteiger partial charge in [-0.3, -0.25) is 9.78 Å². The van der Waals surface area contributed by atoms with Crippen molar-refractivity contribution in [1.29, 1.82) is 0 Å². The molecule has 1 rings (SSSR count). The van der Waals surface area contributed by atoms with Gasteiger partial charge in [-0.15, -0.1) is 0 Å². The molecule has 3 nitrogen and oxygen atoms in total. The van der Waals surface area contributed by atoms with Gasteiger partial charge in [-0.25, -0.2) is 0 Å². The number of hydrogen-bond donors (Lipinski definition) is 1. The molecule has 0 saturated heterocycles. The van der Waals surface area contributed by atoms with E-state index < -0.39 is 0 Å². The molecule has 0 bridgehead atoms. The number of pyridine rings is 1. The third kappa shape index (κ3) is 5.04. The molecule has 0 amide bonds. The second-order valence-electron chi connectivity index (χ2n) is 3.70. The highest BCUT2D eigenvalue weighted by molar-refractivity contribution is 9.10. The summed E-state index contributed by atoms with van der Waals surface area (Å²) in [6.45, 7) is 1.91. The van der Waals surface area contributed by atoms with Crippen LogP contribution in [0.3, 0.4) is 0 Å². The lowest BCUT2D eigenvalue weighted by Crippen LogP contribution is -2.17. The summed E-state index contributed by atoms with van der Waals surface area (Å²) in [4.78, 5) is 15.6. The molecular formula is C11H15BrN2O. The second kappa shape index (κ2) is 5.98. The molecule has 0 aliphatic carbocycles. The smallest absolute Gasteiger partial charge is 0.138 e. The Hall–Kier alpha value is -0.740. The average molecular weight is 271 g/mol. The Bertz CT molecular complexity index is 322. The van der Waals surface area contributed by atoms with Crippen LogP contribution in [0, 0.1) is 0 Å². The van der Waals surface area contributed by atoms with Crippen LogP contribution in [0.15, 0.2) is 22.8 Å². The van der Waals surface area contributed by atoms with Crippen molar-refractivity contribution in [3.8, 4) is 0 Å². The largest absolute Gasteiger partial charge is 0.328 e. The molecule has 0 saturated carbocycles. The molecule has 1 unspecified atom stereocenters. The minimum atomic E-state index is 0.0897. The van der Waals surface area contributed by atoms with Gasteiger partial charge < -0.3 is 5.73 Å². The Balaban J connectivity index is 2.41. The van der Waals surface area contributed by atoms with Gasteiger partial charge in [0.2, 0.25) is 0 Å². The number of nitrogens with zero attached hydrogens (tertiary/aromatic N) is 1. The lowest BCUT2D eigenvalue weighted by atomic mass is 10.1. The predicted octanol–water partition coefficient (Wildman–Crippen LogP) is 2.08. The van der Waals surface area contributed by atoms with Crippen molar-refractivity contribution < 1.29 is 4.79 Å². The summed E-state index contributed by atoms with van der Waals surface area (Å²) in [6.07, 6.45) is 3.39. The minimum absolute atomic E-state index is 0.0897. The fourth-order valence-electron chi connectivity index (χ4n) is 1.19. The van der Waals surface area contributed by atoms with E-state index in [1.54, 1.807) is 6.20 Å². The summed E-state index contributed by atoms with van der Waals surface area (Å²) in [7, 11) is 0. The third-order valence-corrected chi connectivity index (χ3v) is 2.51. The van der Waals surface area contributed by atoms with Crippen molar-refractivity contribution in [2.75, 3.05) is 0 Å². The molecule has 0 fully saturated rings. The fourth-order valence-corrected chi connectivity index (χ4v) is 1.42. The number of nitrogens with two attached hydrogens (primary N) is 1. The quantitative estimate of drug-likeness (QED) is 0.892. The molecule has 0 spiro atoms. The van der Waals surface area contributed by atoms with Gasteiger partial charge in [0, 0.05) is 35.2 Å². The van der Waals surface area contributed by atoms with E-state index in [1.807, 2.05) is 19.1 Å². The first kappa shape index (κ1) is 12.3. The minimum Gasteiger partial charge on any atom is -0.328 e. The van der Waals surface area contributed by atoms with Crippen molar-refractivity contribution >= 4 is 21.7 Å². The molecule has 4 heteroatoms. The topological polar surface area (TPSA) is 56.0 Å². The number of aromatic nitrogens is 1. The van der Waals surface area contributed by atoms with Crippen LogP contribution in [0.2, 0.25) is 0 Å². The van der Waals surface area contributed by atoms with Crippen LogP contribution in [-0.4, -0.2) is 16.8 Å². The lowest BCUT2D eigenvalue weighted by Gasteiger charge is -2.03. The Labute approximate surface area is 98.2 Å². The molecule has 2 N–H and O–H groups in total. The number of hydrogen-bond acceptors (Lipinski definition) is 3. The first-order valence-electron chi connectivity index (χ1n) is 4.95. The number of carbonyl (C=O) groups excluding carboxylic acids is 1. The van der Waals surface area contributed by atoms with Crippen LogP contribution >= 0.6 is 15.9 Å². The van der Waals surface area contributed by atoms with Gasteiger partial charge in [0.25, 0.3) is 0 Å². The van der Waals surface area contributed by atoms with Gasteiger partial charge in [-0.1, -0.05) is 0 Å². The van der Waals surface area contributed by atoms with E-state index in [-0.39, 0.29) is 11.8 Å². The SMILES string of the molecule is CC(N)CCC(=O)Cc1ccc(Br)cn1. The summed E-state index contributed by atoms with van der Waals surface area (Å²) in [5.41, 5.74) is 6.39. The van der Waals surface area contributed by atoms with E-state index >= 15 is 0 Å². The molecule has 15 heavy (non-hydrogen) atoms. The number of ketones is 1. The first-order chi connectivity index (χ1) is 7.08. The van der Waals surface area contributed by atoms with E-state index in [0.29, 0.717) is 12.8 Å². The van der Waals surface area contributed by atoms with Crippen molar-refractivity contribution in [2.24, 2.45) is 5.73 Å². The zero-order valence-corrected chi connectivity index (χ0v) is 10.3. The van der Waals surface area contributed by atoms with Gasteiger partial charge in [0.1, 0.15) is 5.78 Å². The summed E-state index contributed by atoms with van der Waals surface area (Å²) < 4.78 is 0.925. The lowest BCUT2D eigenvalue weighted by molar-refractivity contribution is -0.118. The van der Waals surface area contributed by atoms with Crippen LogP contribution in [0.4, 0.5) is 0 Å². The maximum absolute atomic E-state index is 11.5.